The van der Waals surface area contributed by atoms with E-state index in [4.69, 9.17) is 9.47 Å². The summed E-state index contributed by atoms with van der Waals surface area (Å²) in [6, 6.07) is 16.7. The number of carboxylic acids is 1. The van der Waals surface area contributed by atoms with Crippen LogP contribution in [0.4, 0.5) is 0 Å². The lowest BCUT2D eigenvalue weighted by molar-refractivity contribution is -0.139. The molecular weight excluding hydrogens is 775 g/mol. The van der Waals surface area contributed by atoms with E-state index in [0.717, 1.165) is 70.2 Å². The number of hydrogen-bond acceptors (Lipinski definition) is 6. The van der Waals surface area contributed by atoms with Crippen LogP contribution in [0.25, 0.3) is 0 Å². The van der Waals surface area contributed by atoms with Crippen LogP contribution in [0.5, 0.6) is 23.0 Å². The maximum absolute atomic E-state index is 13.4. The Bertz CT molecular complexity index is 2160. The number of phenols is 2. The van der Waals surface area contributed by atoms with Crippen LogP contribution in [0.3, 0.4) is 0 Å². The van der Waals surface area contributed by atoms with Crippen LogP contribution >= 0.6 is 0 Å². The highest BCUT2D eigenvalue weighted by molar-refractivity contribution is 5.77. The van der Waals surface area contributed by atoms with Gasteiger partial charge in [-0.25, -0.2) is 4.79 Å². The molecule has 0 unspecified atom stereocenters. The van der Waals surface area contributed by atoms with Crippen molar-refractivity contribution in [2.75, 3.05) is 19.8 Å². The minimum Gasteiger partial charge on any atom is -0.507 e. The fraction of sp³-hybridized carbons (Fsp3) is 0.519. The lowest BCUT2D eigenvalue weighted by atomic mass is 9.79. The van der Waals surface area contributed by atoms with Crippen LogP contribution in [-0.4, -0.2) is 47.0 Å². The van der Waals surface area contributed by atoms with Crippen LogP contribution in [0, 0.1) is 0 Å². The minimum atomic E-state index is -1.10. The first-order valence-electron chi connectivity index (χ1n) is 22.5. The van der Waals surface area contributed by atoms with Gasteiger partial charge >= 0.3 is 5.97 Å². The SMILES string of the molecule is CCCCCCNC(=O)COc1c2cc(C(C)(C)C)cc1Cc1cc(C(C)(C)C)cc(c1O)Cc1cc(C(C)(C)C)cc(c1OCC(=O)O)Cc1cc(C(C)(C)C)cc(c1O)C2. The van der Waals surface area contributed by atoms with Crippen molar-refractivity contribution in [3.05, 3.63) is 115 Å². The van der Waals surface area contributed by atoms with Crippen molar-refractivity contribution in [2.24, 2.45) is 0 Å². The number of fused-ring (bicyclic) bond motifs is 8. The number of unbranched alkanes of at least 4 members (excludes halogenated alkanes) is 3. The van der Waals surface area contributed by atoms with Crippen molar-refractivity contribution in [3.8, 4) is 23.0 Å². The summed E-state index contributed by atoms with van der Waals surface area (Å²) < 4.78 is 12.9. The van der Waals surface area contributed by atoms with E-state index in [2.05, 4.69) is 144 Å². The third-order valence-corrected chi connectivity index (χ3v) is 12.0. The Morgan fingerprint density at radius 2 is 0.806 bits per heavy atom. The molecule has 8 heteroatoms. The molecule has 4 aromatic rings. The Labute approximate surface area is 371 Å². The number of benzene rings is 4. The summed E-state index contributed by atoms with van der Waals surface area (Å²) in [5.41, 5.74) is 9.02. The highest BCUT2D eigenvalue weighted by atomic mass is 16.5. The lowest BCUT2D eigenvalue weighted by Crippen LogP contribution is -2.30. The first kappa shape index (κ1) is 48.1. The predicted molar refractivity (Wildman–Crippen MR) is 251 cm³/mol. The van der Waals surface area contributed by atoms with Crippen LogP contribution < -0.4 is 14.8 Å². The number of amides is 1. The van der Waals surface area contributed by atoms with Gasteiger partial charge in [0.15, 0.2) is 13.2 Å². The van der Waals surface area contributed by atoms with Crippen LogP contribution in [0.1, 0.15) is 182 Å². The highest BCUT2D eigenvalue weighted by Crippen LogP contribution is 2.43. The second kappa shape index (κ2) is 18.8. The normalized spacial score (nSPS) is 13.4. The van der Waals surface area contributed by atoms with Crippen molar-refractivity contribution in [1.82, 2.24) is 5.32 Å². The van der Waals surface area contributed by atoms with Gasteiger partial charge in [0, 0.05) is 32.2 Å². The van der Waals surface area contributed by atoms with E-state index < -0.39 is 12.6 Å². The molecule has 0 heterocycles. The van der Waals surface area contributed by atoms with Crippen LogP contribution in [-0.2, 0) is 56.9 Å². The molecule has 0 spiro atoms. The number of ether oxygens (including phenoxy) is 2. The van der Waals surface area contributed by atoms with E-state index in [1.807, 2.05) is 0 Å². The van der Waals surface area contributed by atoms with Gasteiger partial charge in [0.2, 0.25) is 0 Å². The van der Waals surface area contributed by atoms with E-state index >= 15 is 0 Å². The molecule has 336 valence electrons. The van der Waals surface area contributed by atoms with Crippen LogP contribution in [0.2, 0.25) is 0 Å². The first-order valence-corrected chi connectivity index (χ1v) is 22.5. The molecule has 0 aliphatic heterocycles. The average molecular weight is 848 g/mol. The second-order valence-corrected chi connectivity index (χ2v) is 21.6. The largest absolute Gasteiger partial charge is 0.507 e. The molecule has 1 aliphatic rings. The van der Waals surface area contributed by atoms with Crippen molar-refractivity contribution < 1.29 is 34.4 Å². The topological polar surface area (TPSA) is 125 Å². The highest BCUT2D eigenvalue weighted by Gasteiger charge is 2.29. The Hall–Kier alpha value is -4.98. The van der Waals surface area contributed by atoms with Gasteiger partial charge in [0.05, 0.1) is 0 Å². The molecule has 0 saturated carbocycles. The number of phenolic OH excluding ortho intramolecular Hbond substituents is 2. The summed E-state index contributed by atoms with van der Waals surface area (Å²) in [5, 5.41) is 37.8. The number of carboxylic acid groups (broad SMARTS) is 1. The number of aromatic hydroxyl groups is 2. The van der Waals surface area contributed by atoms with Gasteiger partial charge in [-0.1, -0.05) is 158 Å². The van der Waals surface area contributed by atoms with E-state index in [1.54, 1.807) is 0 Å². The van der Waals surface area contributed by atoms with Gasteiger partial charge in [-0.15, -0.1) is 0 Å². The van der Waals surface area contributed by atoms with E-state index in [9.17, 15) is 24.9 Å². The Morgan fingerprint density at radius 1 is 0.500 bits per heavy atom. The van der Waals surface area contributed by atoms with Crippen molar-refractivity contribution in [3.63, 3.8) is 0 Å². The molecule has 8 nitrogen and oxygen atoms in total. The third-order valence-electron chi connectivity index (χ3n) is 12.0. The monoisotopic (exact) mass is 848 g/mol. The van der Waals surface area contributed by atoms with Crippen molar-refractivity contribution >= 4 is 11.9 Å². The summed E-state index contributed by atoms with van der Waals surface area (Å²) in [4.78, 5) is 25.4. The molecule has 0 aromatic heterocycles. The molecule has 0 radical (unpaired) electrons. The first-order chi connectivity index (χ1) is 28.8. The van der Waals surface area contributed by atoms with Gasteiger partial charge < -0.3 is 30.1 Å². The van der Waals surface area contributed by atoms with Crippen molar-refractivity contribution in [1.29, 1.82) is 0 Å². The molecular formula is C54H73NO7. The number of hydrogen-bond donors (Lipinski definition) is 4. The fourth-order valence-corrected chi connectivity index (χ4v) is 8.12. The van der Waals surface area contributed by atoms with Gasteiger partial charge in [0.25, 0.3) is 5.91 Å². The summed E-state index contributed by atoms with van der Waals surface area (Å²) in [6.07, 6.45) is 5.35. The minimum absolute atomic E-state index is 0.146. The zero-order chi connectivity index (χ0) is 45.9. The molecule has 8 bridgehead atoms. The molecule has 62 heavy (non-hydrogen) atoms. The zero-order valence-electron chi connectivity index (χ0n) is 39.9. The third kappa shape index (κ3) is 11.9. The summed E-state index contributed by atoms with van der Waals surface area (Å²) >= 11 is 0. The van der Waals surface area contributed by atoms with Gasteiger partial charge in [-0.05, 0) is 94.8 Å². The van der Waals surface area contributed by atoms with Crippen molar-refractivity contribution in [2.45, 2.75) is 163 Å². The average Bonchev–Trinajstić information content (AvgIpc) is 3.14. The molecule has 1 aliphatic carbocycles. The molecule has 0 saturated heterocycles. The lowest BCUT2D eigenvalue weighted by Gasteiger charge is -2.28. The Morgan fingerprint density at radius 3 is 1.10 bits per heavy atom. The number of carbonyl (C=O) groups is 2. The van der Waals surface area contributed by atoms with E-state index in [0.29, 0.717) is 53.1 Å². The molecule has 1 amide bonds. The van der Waals surface area contributed by atoms with E-state index in [-0.39, 0.29) is 58.5 Å². The number of rotatable bonds is 11. The van der Waals surface area contributed by atoms with Gasteiger partial charge in [0.1, 0.15) is 23.0 Å². The molecule has 0 fully saturated rings. The number of nitrogens with one attached hydrogen (secondary N) is 1. The van der Waals surface area contributed by atoms with E-state index in [1.165, 1.54) is 0 Å². The quantitative estimate of drug-likeness (QED) is 0.0976. The smallest absolute Gasteiger partial charge is 0.341 e. The molecule has 4 aromatic carbocycles. The second-order valence-electron chi connectivity index (χ2n) is 21.6. The maximum Gasteiger partial charge on any atom is 0.341 e. The fourth-order valence-electron chi connectivity index (χ4n) is 8.12. The maximum atomic E-state index is 13.4. The van der Waals surface area contributed by atoms with Gasteiger partial charge in [-0.2, -0.15) is 0 Å². The molecule has 0 atom stereocenters. The number of aliphatic carboxylic acids is 1. The predicted octanol–water partition coefficient (Wildman–Crippen LogP) is 11.5. The zero-order valence-corrected chi connectivity index (χ0v) is 39.9. The van der Waals surface area contributed by atoms with Crippen LogP contribution in [0.15, 0.2) is 48.5 Å². The summed E-state index contributed by atoms with van der Waals surface area (Å²) in [7, 11) is 0. The standard InChI is InChI=1S/C54H73NO7/c1-14-15-16-17-18-55-45(56)31-61-49-37-19-33-23-41(51(2,3)4)25-35(47(33)59)21-39-29-44(54(11,12)13)30-40(50(39)62-32-46(57)58)22-36-26-42(52(5,6)7)24-34(48(36)60)20-38(49)28-43(27-37)53(8,9)10/h23-30,59-60H,14-22,31-32H2,1-13H3,(H,55,56)(H,57,58). The van der Waals surface area contributed by atoms with Gasteiger partial charge in [-0.3, -0.25) is 4.79 Å². The summed E-state index contributed by atoms with van der Waals surface area (Å²) in [6.45, 7) is 27.9. The summed E-state index contributed by atoms with van der Waals surface area (Å²) in [5.74, 6) is 0.0102. The molecule has 5 rings (SSSR count). The Balaban J connectivity index is 1.86. The Kier molecular flexibility index (Phi) is 14.6. The molecule has 4 N–H and O–H groups in total. The number of carbonyl (C=O) groups excluding carboxylic acids is 1.